The van der Waals surface area contributed by atoms with E-state index in [1.165, 1.54) is 82.6 Å². The number of allylic oxidation sites excluding steroid dienone is 3. The van der Waals surface area contributed by atoms with Gasteiger partial charge in [0, 0.05) is 6.61 Å². The van der Waals surface area contributed by atoms with Crippen molar-refractivity contribution in [2.75, 3.05) is 6.61 Å². The van der Waals surface area contributed by atoms with Gasteiger partial charge < -0.3 is 5.11 Å². The number of rotatable bonds is 7. The van der Waals surface area contributed by atoms with E-state index >= 15 is 0 Å². The van der Waals surface area contributed by atoms with Crippen molar-refractivity contribution in [3.8, 4) is 0 Å². The zero-order chi connectivity index (χ0) is 21.5. The molecule has 0 heterocycles. The van der Waals surface area contributed by atoms with Crippen molar-refractivity contribution in [2.24, 2.45) is 40.4 Å². The van der Waals surface area contributed by atoms with E-state index < -0.39 is 0 Å². The lowest BCUT2D eigenvalue weighted by atomic mass is 9.50. The molecule has 0 aromatic carbocycles. The molecular formula is C29H48O. The molecule has 0 radical (unpaired) electrons. The quantitative estimate of drug-likeness (QED) is 0.419. The van der Waals surface area contributed by atoms with Crippen LogP contribution in [0.1, 0.15) is 111 Å². The smallest absolute Gasteiger partial charge is 0.0436 e. The van der Waals surface area contributed by atoms with Gasteiger partial charge in [0.25, 0.3) is 0 Å². The number of aliphatic hydroxyl groups is 1. The summed E-state index contributed by atoms with van der Waals surface area (Å²) < 4.78 is 0. The molecule has 30 heavy (non-hydrogen) atoms. The Morgan fingerprint density at radius 1 is 1.03 bits per heavy atom. The third-order valence-corrected chi connectivity index (χ3v) is 10.8. The Labute approximate surface area is 186 Å². The Bertz CT molecular complexity index is 674. The van der Waals surface area contributed by atoms with Crippen LogP contribution < -0.4 is 0 Å². The summed E-state index contributed by atoms with van der Waals surface area (Å²) in [5.74, 6) is 4.04. The van der Waals surface area contributed by atoms with Gasteiger partial charge in [0.15, 0.2) is 0 Å². The van der Waals surface area contributed by atoms with Crippen LogP contribution in [0, 0.1) is 40.4 Å². The molecule has 1 heteroatoms. The lowest BCUT2D eigenvalue weighted by Crippen LogP contribution is -2.43. The Hall–Kier alpha value is -0.560. The predicted octanol–water partition coefficient (Wildman–Crippen LogP) is 8.09. The summed E-state index contributed by atoms with van der Waals surface area (Å²) in [6.07, 6.45) is 17.9. The summed E-state index contributed by atoms with van der Waals surface area (Å²) in [6, 6.07) is 0. The van der Waals surface area contributed by atoms with Crippen LogP contribution >= 0.6 is 0 Å². The number of hydrogen-bond donors (Lipinski definition) is 1. The molecule has 2 fully saturated rings. The Morgan fingerprint density at radius 2 is 1.83 bits per heavy atom. The fraction of sp³-hybridized carbons (Fsp3) is 0.862. The molecule has 4 rings (SSSR count). The fourth-order valence-corrected chi connectivity index (χ4v) is 8.93. The van der Waals surface area contributed by atoms with E-state index in [1.807, 2.05) is 11.1 Å². The summed E-state index contributed by atoms with van der Waals surface area (Å²) in [5, 5.41) is 9.42. The molecule has 0 spiro atoms. The van der Waals surface area contributed by atoms with E-state index in [0.717, 1.165) is 30.1 Å². The molecule has 4 aliphatic rings. The van der Waals surface area contributed by atoms with Crippen molar-refractivity contribution in [3.63, 3.8) is 0 Å². The molecule has 7 atom stereocenters. The Balaban J connectivity index is 1.49. The van der Waals surface area contributed by atoms with Gasteiger partial charge in [-0.05, 0) is 118 Å². The average molecular weight is 413 g/mol. The van der Waals surface area contributed by atoms with Gasteiger partial charge >= 0.3 is 0 Å². The third-order valence-electron chi connectivity index (χ3n) is 10.8. The second-order valence-electron chi connectivity index (χ2n) is 12.3. The minimum Gasteiger partial charge on any atom is -0.396 e. The Morgan fingerprint density at radius 3 is 2.57 bits per heavy atom. The van der Waals surface area contributed by atoms with Crippen molar-refractivity contribution in [2.45, 2.75) is 111 Å². The van der Waals surface area contributed by atoms with Gasteiger partial charge in [-0.25, -0.2) is 0 Å². The second kappa shape index (κ2) is 8.76. The maximum absolute atomic E-state index is 9.42. The number of hydrogen-bond acceptors (Lipinski definition) is 1. The van der Waals surface area contributed by atoms with E-state index in [4.69, 9.17) is 0 Å². The van der Waals surface area contributed by atoms with Crippen LogP contribution in [0.3, 0.4) is 0 Å². The lowest BCUT2D eigenvalue weighted by molar-refractivity contribution is 0.0653. The van der Waals surface area contributed by atoms with E-state index in [9.17, 15) is 5.11 Å². The average Bonchev–Trinajstić information content (AvgIpc) is 3.07. The van der Waals surface area contributed by atoms with Gasteiger partial charge in [-0.15, -0.1) is 0 Å². The summed E-state index contributed by atoms with van der Waals surface area (Å²) in [6.45, 7) is 14.5. The monoisotopic (exact) mass is 412 g/mol. The van der Waals surface area contributed by atoms with Gasteiger partial charge in [0.2, 0.25) is 0 Å². The van der Waals surface area contributed by atoms with E-state index in [1.54, 1.807) is 0 Å². The van der Waals surface area contributed by atoms with Crippen molar-refractivity contribution in [1.29, 1.82) is 0 Å². The first-order valence-corrected chi connectivity index (χ1v) is 13.3. The molecule has 4 aliphatic carbocycles. The first kappa shape index (κ1) is 22.6. The molecule has 1 N–H and O–H groups in total. The molecule has 0 bridgehead atoms. The van der Waals surface area contributed by atoms with Crippen LogP contribution in [-0.2, 0) is 0 Å². The van der Waals surface area contributed by atoms with Crippen molar-refractivity contribution in [3.05, 3.63) is 23.3 Å². The highest BCUT2D eigenvalue weighted by Crippen LogP contribution is 2.66. The SMILES string of the molecule is C=C(C)[C@@H](CCO)CC[C@@H](C)[C@H]1CC[C@H]2C3=C(CC[C@]12C)[C@@]1(C)CCCCC1CC3. The van der Waals surface area contributed by atoms with Gasteiger partial charge in [-0.1, -0.05) is 56.9 Å². The van der Waals surface area contributed by atoms with Crippen molar-refractivity contribution >= 4 is 0 Å². The molecule has 2 saturated carbocycles. The van der Waals surface area contributed by atoms with Crippen LogP contribution in [0.2, 0.25) is 0 Å². The summed E-state index contributed by atoms with van der Waals surface area (Å²) in [7, 11) is 0. The zero-order valence-electron chi connectivity index (χ0n) is 20.4. The van der Waals surface area contributed by atoms with Crippen LogP contribution in [0.15, 0.2) is 23.3 Å². The van der Waals surface area contributed by atoms with E-state index in [2.05, 4.69) is 34.3 Å². The fourth-order valence-electron chi connectivity index (χ4n) is 8.93. The highest BCUT2D eigenvalue weighted by molar-refractivity contribution is 5.34. The molecule has 1 unspecified atom stereocenters. The summed E-state index contributed by atoms with van der Waals surface area (Å²) in [5.41, 5.74) is 6.26. The summed E-state index contributed by atoms with van der Waals surface area (Å²) in [4.78, 5) is 0. The molecule has 0 aromatic rings. The maximum Gasteiger partial charge on any atom is 0.0436 e. The van der Waals surface area contributed by atoms with Crippen molar-refractivity contribution in [1.82, 2.24) is 0 Å². The van der Waals surface area contributed by atoms with E-state index in [-0.39, 0.29) is 0 Å². The lowest BCUT2D eigenvalue weighted by Gasteiger charge is -2.54. The van der Waals surface area contributed by atoms with Gasteiger partial charge in [-0.2, -0.15) is 0 Å². The Kier molecular flexibility index (Phi) is 6.61. The predicted molar refractivity (Wildman–Crippen MR) is 128 cm³/mol. The van der Waals surface area contributed by atoms with Crippen LogP contribution in [-0.4, -0.2) is 11.7 Å². The summed E-state index contributed by atoms with van der Waals surface area (Å²) >= 11 is 0. The first-order valence-electron chi connectivity index (χ1n) is 13.3. The number of aliphatic hydroxyl groups excluding tert-OH is 1. The zero-order valence-corrected chi connectivity index (χ0v) is 20.4. The minimum absolute atomic E-state index is 0.297. The van der Waals surface area contributed by atoms with Crippen LogP contribution in [0.25, 0.3) is 0 Å². The molecular weight excluding hydrogens is 364 g/mol. The van der Waals surface area contributed by atoms with E-state index in [0.29, 0.717) is 23.4 Å². The molecule has 0 saturated heterocycles. The molecule has 0 aromatic heterocycles. The van der Waals surface area contributed by atoms with Crippen LogP contribution in [0.4, 0.5) is 0 Å². The van der Waals surface area contributed by atoms with Crippen molar-refractivity contribution < 1.29 is 5.11 Å². The highest BCUT2D eigenvalue weighted by Gasteiger charge is 2.55. The minimum atomic E-state index is 0.297. The molecule has 0 amide bonds. The third kappa shape index (κ3) is 3.76. The van der Waals surface area contributed by atoms with Gasteiger partial charge in [0.1, 0.15) is 0 Å². The topological polar surface area (TPSA) is 20.2 Å². The largest absolute Gasteiger partial charge is 0.396 e. The molecule has 170 valence electrons. The standard InChI is InChI=1S/C29H48O/c1-20(2)22(16-19-30)10-9-21(3)25-13-14-26-24-12-11-23-8-6-7-17-28(23,4)27(24)15-18-29(25,26)5/h21-23,25-26,30H,1,6-19H2,2-5H3/t21-,22-,23?,25-,26+,28+,29-/m1/s1. The number of fused-ring (bicyclic) bond motifs is 4. The second-order valence-corrected chi connectivity index (χ2v) is 12.3. The van der Waals surface area contributed by atoms with Gasteiger partial charge in [0.05, 0.1) is 0 Å². The molecule has 1 nitrogen and oxygen atoms in total. The van der Waals surface area contributed by atoms with Gasteiger partial charge in [-0.3, -0.25) is 0 Å². The normalized spacial score (nSPS) is 40.4. The maximum atomic E-state index is 9.42. The molecule has 0 aliphatic heterocycles. The van der Waals surface area contributed by atoms with Crippen LogP contribution in [0.5, 0.6) is 0 Å². The highest BCUT2D eigenvalue weighted by atomic mass is 16.3. The first-order chi connectivity index (χ1) is 14.3.